The van der Waals surface area contributed by atoms with Crippen molar-refractivity contribution >= 4 is 5.91 Å². The van der Waals surface area contributed by atoms with Gasteiger partial charge in [0.25, 0.3) is 5.91 Å². The molecule has 0 saturated heterocycles. The molecule has 1 amide bonds. The third-order valence-corrected chi connectivity index (χ3v) is 2.66. The van der Waals surface area contributed by atoms with Crippen molar-refractivity contribution < 1.29 is 13.9 Å². The highest BCUT2D eigenvalue weighted by molar-refractivity contribution is 5.96. The molecule has 4 nitrogen and oxygen atoms in total. The molecule has 18 heavy (non-hydrogen) atoms. The monoisotopic (exact) mass is 248 g/mol. The predicted molar refractivity (Wildman–Crippen MR) is 63.8 cm³/mol. The summed E-state index contributed by atoms with van der Waals surface area (Å²) in [5.41, 5.74) is 1.80. The Bertz CT molecular complexity index is 550. The number of azo groups is 1. The number of carbonyl (C=O) groups is 1. The van der Waals surface area contributed by atoms with Crippen LogP contribution in [0.4, 0.5) is 4.39 Å². The summed E-state index contributed by atoms with van der Waals surface area (Å²) >= 11 is 0. The van der Waals surface area contributed by atoms with Gasteiger partial charge >= 0.3 is 0 Å². The maximum absolute atomic E-state index is 13.6. The summed E-state index contributed by atoms with van der Waals surface area (Å²) in [5, 5.41) is 7.16. The molecule has 0 aromatic heterocycles. The minimum atomic E-state index is -0.424. The summed E-state index contributed by atoms with van der Waals surface area (Å²) in [6.45, 7) is 3.92. The molecule has 1 aromatic rings. The maximum atomic E-state index is 13.6. The zero-order valence-electron chi connectivity index (χ0n) is 10.2. The van der Waals surface area contributed by atoms with Gasteiger partial charge in [-0.2, -0.15) is 5.11 Å². The fraction of sp³-hybridized carbons (Fsp3) is 0.308. The first-order valence-corrected chi connectivity index (χ1v) is 5.69. The summed E-state index contributed by atoms with van der Waals surface area (Å²) < 4.78 is 18.7. The molecule has 0 spiro atoms. The lowest BCUT2D eigenvalue weighted by molar-refractivity contribution is -0.114. The minimum Gasteiger partial charge on any atom is -0.491 e. The Hall–Kier alpha value is -2.04. The Morgan fingerprint density at radius 3 is 2.67 bits per heavy atom. The zero-order chi connectivity index (χ0) is 13.1. The molecule has 0 fully saturated rings. The molecular weight excluding hydrogens is 235 g/mol. The Balaban J connectivity index is 2.19. The third-order valence-electron chi connectivity index (χ3n) is 2.66. The van der Waals surface area contributed by atoms with E-state index >= 15 is 0 Å². The quantitative estimate of drug-likeness (QED) is 0.822. The van der Waals surface area contributed by atoms with Gasteiger partial charge in [-0.3, -0.25) is 4.79 Å². The van der Waals surface area contributed by atoms with E-state index in [0.29, 0.717) is 29.9 Å². The zero-order valence-corrected chi connectivity index (χ0v) is 10.2. The standard InChI is InChI=1S/C13H13FN2O2/c1-3-18-12-5-4-9(7-11(12)14)6-10-8(2)15-16-13(10)17/h4-5,7H,3,6H2,1-2H3. The number of amides is 1. The van der Waals surface area contributed by atoms with Gasteiger partial charge in [0.2, 0.25) is 0 Å². The van der Waals surface area contributed by atoms with Crippen molar-refractivity contribution in [3.05, 3.63) is 40.8 Å². The Morgan fingerprint density at radius 1 is 1.33 bits per heavy atom. The predicted octanol–water partition coefficient (Wildman–Crippen LogP) is 3.03. The molecule has 5 heteroatoms. The number of halogens is 1. The number of nitrogens with zero attached hydrogens (tertiary/aromatic N) is 2. The summed E-state index contributed by atoms with van der Waals surface area (Å²) in [7, 11) is 0. The van der Waals surface area contributed by atoms with Crippen LogP contribution in [0.25, 0.3) is 0 Å². The first-order chi connectivity index (χ1) is 8.61. The average Bonchev–Trinajstić information content (AvgIpc) is 2.65. The van der Waals surface area contributed by atoms with E-state index in [9.17, 15) is 9.18 Å². The number of benzene rings is 1. The van der Waals surface area contributed by atoms with E-state index < -0.39 is 5.82 Å². The van der Waals surface area contributed by atoms with Crippen LogP contribution in [0.15, 0.2) is 39.7 Å². The molecule has 0 bridgehead atoms. The second kappa shape index (κ2) is 5.08. The number of allylic oxidation sites excluding steroid dienone is 1. The number of hydrogen-bond acceptors (Lipinski definition) is 3. The largest absolute Gasteiger partial charge is 0.491 e. The van der Waals surface area contributed by atoms with Gasteiger partial charge in [-0.15, -0.1) is 5.11 Å². The van der Waals surface area contributed by atoms with E-state index in [1.807, 2.05) is 0 Å². The smallest absolute Gasteiger partial charge is 0.293 e. The van der Waals surface area contributed by atoms with Crippen LogP contribution >= 0.6 is 0 Å². The molecule has 1 aliphatic rings. The molecular formula is C13H13FN2O2. The molecule has 1 heterocycles. The highest BCUT2D eigenvalue weighted by Crippen LogP contribution is 2.23. The van der Waals surface area contributed by atoms with Crippen LogP contribution in [0.1, 0.15) is 19.4 Å². The molecule has 0 aliphatic carbocycles. The van der Waals surface area contributed by atoms with E-state index in [1.54, 1.807) is 26.0 Å². The summed E-state index contributed by atoms with van der Waals surface area (Å²) in [6.07, 6.45) is 0.334. The van der Waals surface area contributed by atoms with Gasteiger partial charge in [0.15, 0.2) is 11.6 Å². The molecule has 0 saturated carbocycles. The Morgan fingerprint density at radius 2 is 2.11 bits per heavy atom. The van der Waals surface area contributed by atoms with Crippen molar-refractivity contribution in [2.24, 2.45) is 10.2 Å². The number of rotatable bonds is 4. The van der Waals surface area contributed by atoms with Gasteiger partial charge in [-0.25, -0.2) is 4.39 Å². The number of ether oxygens (including phenoxy) is 1. The highest BCUT2D eigenvalue weighted by Gasteiger charge is 2.19. The van der Waals surface area contributed by atoms with Crippen molar-refractivity contribution in [2.45, 2.75) is 20.3 Å². The molecule has 0 atom stereocenters. The second-order valence-electron chi connectivity index (χ2n) is 3.94. The van der Waals surface area contributed by atoms with E-state index in [1.165, 1.54) is 6.07 Å². The lowest BCUT2D eigenvalue weighted by Gasteiger charge is -2.07. The lowest BCUT2D eigenvalue weighted by Crippen LogP contribution is -2.01. The summed E-state index contributed by atoms with van der Waals surface area (Å²) in [4.78, 5) is 11.4. The number of hydrogen-bond donors (Lipinski definition) is 0. The van der Waals surface area contributed by atoms with E-state index in [2.05, 4.69) is 10.2 Å². The molecule has 94 valence electrons. The lowest BCUT2D eigenvalue weighted by atomic mass is 10.0. The third kappa shape index (κ3) is 2.45. The first-order valence-electron chi connectivity index (χ1n) is 5.69. The molecule has 1 aromatic carbocycles. The van der Waals surface area contributed by atoms with Gasteiger partial charge in [-0.1, -0.05) is 6.07 Å². The molecule has 0 N–H and O–H groups in total. The van der Waals surface area contributed by atoms with Crippen LogP contribution in [-0.2, 0) is 11.2 Å². The van der Waals surface area contributed by atoms with E-state index in [0.717, 1.165) is 0 Å². The van der Waals surface area contributed by atoms with Crippen LogP contribution < -0.4 is 4.74 Å². The van der Waals surface area contributed by atoms with E-state index in [-0.39, 0.29) is 11.7 Å². The fourth-order valence-corrected chi connectivity index (χ4v) is 1.73. The molecule has 0 radical (unpaired) electrons. The highest BCUT2D eigenvalue weighted by atomic mass is 19.1. The van der Waals surface area contributed by atoms with Crippen molar-refractivity contribution in [3.63, 3.8) is 0 Å². The Kier molecular flexibility index (Phi) is 3.50. The fourth-order valence-electron chi connectivity index (χ4n) is 1.73. The van der Waals surface area contributed by atoms with Crippen LogP contribution in [0.5, 0.6) is 5.75 Å². The summed E-state index contributed by atoms with van der Waals surface area (Å²) in [5.74, 6) is -0.548. The van der Waals surface area contributed by atoms with Gasteiger partial charge in [0.1, 0.15) is 0 Å². The summed E-state index contributed by atoms with van der Waals surface area (Å²) in [6, 6.07) is 4.68. The Labute approximate surface area is 104 Å². The van der Waals surface area contributed by atoms with E-state index in [4.69, 9.17) is 4.74 Å². The van der Waals surface area contributed by atoms with Crippen molar-refractivity contribution in [3.8, 4) is 5.75 Å². The average molecular weight is 248 g/mol. The van der Waals surface area contributed by atoms with Crippen LogP contribution in [0.3, 0.4) is 0 Å². The van der Waals surface area contributed by atoms with Crippen LogP contribution in [0, 0.1) is 5.82 Å². The van der Waals surface area contributed by atoms with Crippen molar-refractivity contribution in [2.75, 3.05) is 6.61 Å². The van der Waals surface area contributed by atoms with Gasteiger partial charge in [0, 0.05) is 12.0 Å². The molecule has 0 unspecified atom stereocenters. The van der Waals surface area contributed by atoms with Crippen molar-refractivity contribution in [1.82, 2.24) is 0 Å². The maximum Gasteiger partial charge on any atom is 0.293 e. The van der Waals surface area contributed by atoms with Gasteiger partial charge < -0.3 is 4.74 Å². The molecule has 2 rings (SSSR count). The van der Waals surface area contributed by atoms with Gasteiger partial charge in [-0.05, 0) is 31.5 Å². The van der Waals surface area contributed by atoms with Crippen LogP contribution in [0.2, 0.25) is 0 Å². The normalized spacial score (nSPS) is 14.5. The van der Waals surface area contributed by atoms with Crippen LogP contribution in [-0.4, -0.2) is 12.5 Å². The van der Waals surface area contributed by atoms with Crippen molar-refractivity contribution in [1.29, 1.82) is 0 Å². The topological polar surface area (TPSA) is 51.0 Å². The minimum absolute atomic E-state index is 0.221. The SMILES string of the molecule is CCOc1ccc(CC2=C(C)N=NC2=O)cc1F. The molecule has 1 aliphatic heterocycles. The first kappa shape index (κ1) is 12.4. The second-order valence-corrected chi connectivity index (χ2v) is 3.94. The number of carbonyl (C=O) groups excluding carboxylic acids is 1. The van der Waals surface area contributed by atoms with Gasteiger partial charge in [0.05, 0.1) is 12.3 Å².